The van der Waals surface area contributed by atoms with Crippen molar-refractivity contribution >= 4 is 0 Å². The second kappa shape index (κ2) is 10.00. The van der Waals surface area contributed by atoms with E-state index in [-0.39, 0.29) is 0 Å². The maximum atomic E-state index is 5.87. The van der Waals surface area contributed by atoms with Crippen LogP contribution >= 0.6 is 0 Å². The molecule has 0 fully saturated rings. The highest BCUT2D eigenvalue weighted by Crippen LogP contribution is 2.44. The number of methoxy groups -OCH3 is 1. The third-order valence-corrected chi connectivity index (χ3v) is 5.91. The maximum absolute atomic E-state index is 5.87. The van der Waals surface area contributed by atoms with Gasteiger partial charge in [0, 0.05) is 11.5 Å². The van der Waals surface area contributed by atoms with Gasteiger partial charge in [-0.15, -0.1) is 0 Å². The van der Waals surface area contributed by atoms with E-state index in [0.717, 1.165) is 12.2 Å². The Labute approximate surface area is 161 Å². The largest absolute Gasteiger partial charge is 0.496 e. The molecule has 1 aromatic rings. The highest BCUT2D eigenvalue weighted by Gasteiger charge is 2.29. The number of hydrogen-bond acceptors (Lipinski definition) is 1. The molecule has 1 aromatic carbocycles. The number of allylic oxidation sites excluding steroid dienone is 3. The first-order valence-corrected chi connectivity index (χ1v) is 10.5. The zero-order valence-electron chi connectivity index (χ0n) is 17.7. The van der Waals surface area contributed by atoms with Crippen molar-refractivity contribution in [1.82, 2.24) is 0 Å². The van der Waals surface area contributed by atoms with Crippen LogP contribution in [0.25, 0.3) is 0 Å². The molecule has 2 rings (SSSR count). The van der Waals surface area contributed by atoms with Gasteiger partial charge in [0.15, 0.2) is 0 Å². The van der Waals surface area contributed by atoms with Crippen molar-refractivity contribution in [1.29, 1.82) is 0 Å². The summed E-state index contributed by atoms with van der Waals surface area (Å²) in [6.45, 7) is 13.2. The molecule has 0 unspecified atom stereocenters. The van der Waals surface area contributed by atoms with Gasteiger partial charge in [-0.1, -0.05) is 62.5 Å². The molecule has 1 aliphatic carbocycles. The van der Waals surface area contributed by atoms with E-state index in [2.05, 4.69) is 52.5 Å². The molecule has 0 saturated carbocycles. The average molecular weight is 355 g/mol. The Hall–Kier alpha value is -1.50. The summed E-state index contributed by atoms with van der Waals surface area (Å²) in [6.07, 6.45) is 12.6. The van der Waals surface area contributed by atoms with Crippen LogP contribution in [-0.2, 0) is 6.42 Å². The van der Waals surface area contributed by atoms with E-state index >= 15 is 0 Å². The van der Waals surface area contributed by atoms with E-state index in [1.165, 1.54) is 72.8 Å². The second-order valence-electron chi connectivity index (χ2n) is 8.22. The monoisotopic (exact) mass is 354 g/mol. The fourth-order valence-electron chi connectivity index (χ4n) is 4.42. The predicted octanol–water partition coefficient (Wildman–Crippen LogP) is 7.53. The van der Waals surface area contributed by atoms with Crippen LogP contribution in [0.4, 0.5) is 0 Å². The van der Waals surface area contributed by atoms with Crippen LogP contribution in [-0.4, -0.2) is 7.11 Å². The molecule has 26 heavy (non-hydrogen) atoms. The fraction of sp³-hybridized carbons (Fsp3) is 0.600. The molecule has 0 aliphatic heterocycles. The summed E-state index contributed by atoms with van der Waals surface area (Å²) in [6, 6.07) is 4.68. The summed E-state index contributed by atoms with van der Waals surface area (Å²) in [5.41, 5.74) is 6.95. The van der Waals surface area contributed by atoms with E-state index in [4.69, 9.17) is 4.74 Å². The lowest BCUT2D eigenvalue weighted by molar-refractivity contribution is 0.395. The molecule has 0 aromatic heterocycles. The Morgan fingerprint density at radius 1 is 1.15 bits per heavy atom. The van der Waals surface area contributed by atoms with Gasteiger partial charge >= 0.3 is 0 Å². The molecule has 0 bridgehead atoms. The molecule has 2 atom stereocenters. The normalized spacial score (nSPS) is 20.0. The number of ether oxygens (including phenoxy) is 1. The molecule has 0 heterocycles. The summed E-state index contributed by atoms with van der Waals surface area (Å²) in [5, 5.41) is 0. The minimum absolute atomic E-state index is 0.398. The first-order chi connectivity index (χ1) is 12.5. The van der Waals surface area contributed by atoms with E-state index in [9.17, 15) is 0 Å². The van der Waals surface area contributed by atoms with Gasteiger partial charge in [0.1, 0.15) is 5.75 Å². The molecule has 0 saturated heterocycles. The first-order valence-electron chi connectivity index (χ1n) is 10.5. The third-order valence-electron chi connectivity index (χ3n) is 5.91. The van der Waals surface area contributed by atoms with Gasteiger partial charge in [-0.3, -0.25) is 0 Å². The Morgan fingerprint density at radius 2 is 1.88 bits per heavy atom. The van der Waals surface area contributed by atoms with Crippen LogP contribution in [0.1, 0.15) is 88.3 Å². The summed E-state index contributed by atoms with van der Waals surface area (Å²) < 4.78 is 5.87. The second-order valence-corrected chi connectivity index (χ2v) is 8.22. The van der Waals surface area contributed by atoms with Crippen molar-refractivity contribution in [3.05, 3.63) is 52.6 Å². The molecule has 1 heteroatoms. The molecule has 1 nitrogen and oxygen atoms in total. The van der Waals surface area contributed by atoms with Crippen LogP contribution in [0.3, 0.4) is 0 Å². The van der Waals surface area contributed by atoms with Crippen LogP contribution in [0.5, 0.6) is 5.75 Å². The summed E-state index contributed by atoms with van der Waals surface area (Å²) >= 11 is 0. The topological polar surface area (TPSA) is 9.23 Å². The van der Waals surface area contributed by atoms with Gasteiger partial charge in [0.25, 0.3) is 0 Å². The smallest absolute Gasteiger partial charge is 0.123 e. The first kappa shape index (κ1) is 20.8. The Balaban J connectivity index is 2.25. The number of rotatable bonds is 9. The average Bonchev–Trinajstić information content (AvgIpc) is 2.60. The minimum atomic E-state index is 0.398. The van der Waals surface area contributed by atoms with Crippen molar-refractivity contribution in [2.45, 2.75) is 85.0 Å². The Bertz CT molecular complexity index is 638. The molecule has 0 radical (unpaired) electrons. The molecule has 0 amide bonds. The lowest BCUT2D eigenvalue weighted by atomic mass is 9.73. The molecular formula is C25H38O. The lowest BCUT2D eigenvalue weighted by Gasteiger charge is -2.32. The van der Waals surface area contributed by atoms with E-state index in [1.54, 1.807) is 0 Å². The summed E-state index contributed by atoms with van der Waals surface area (Å²) in [7, 11) is 1.82. The van der Waals surface area contributed by atoms with Crippen molar-refractivity contribution < 1.29 is 4.74 Å². The van der Waals surface area contributed by atoms with Crippen LogP contribution < -0.4 is 4.74 Å². The van der Waals surface area contributed by atoms with Crippen LogP contribution in [0, 0.1) is 12.8 Å². The van der Waals surface area contributed by atoms with E-state index in [1.807, 2.05) is 7.11 Å². The zero-order chi connectivity index (χ0) is 19.1. The summed E-state index contributed by atoms with van der Waals surface area (Å²) in [5.74, 6) is 1.98. The number of aryl methyl sites for hydroxylation is 2. The van der Waals surface area contributed by atoms with Gasteiger partial charge in [-0.2, -0.15) is 0 Å². The van der Waals surface area contributed by atoms with Gasteiger partial charge in [0.2, 0.25) is 0 Å². The highest BCUT2D eigenvalue weighted by atomic mass is 16.5. The van der Waals surface area contributed by atoms with Gasteiger partial charge in [-0.25, -0.2) is 0 Å². The van der Waals surface area contributed by atoms with Crippen molar-refractivity contribution in [3.8, 4) is 5.75 Å². The lowest BCUT2D eigenvalue weighted by Crippen LogP contribution is -2.18. The zero-order valence-corrected chi connectivity index (χ0v) is 17.7. The summed E-state index contributed by atoms with van der Waals surface area (Å²) in [4.78, 5) is 0. The standard InChI is InChI=1S/C25H38O/c1-7-8-9-10-11-12-21-16-20(5)25(24(17-21)26-6)23-15-19(4)13-14-22(23)18(2)3/h15-17,22-23H,2,7-14H2,1,3-6H3/t22-,23+/m0/s1. The number of unbranched alkanes of at least 4 members (excludes halogenated alkanes) is 4. The molecule has 1 aliphatic rings. The Morgan fingerprint density at radius 3 is 2.54 bits per heavy atom. The van der Waals surface area contributed by atoms with Crippen molar-refractivity contribution in [3.63, 3.8) is 0 Å². The quantitative estimate of drug-likeness (QED) is 0.329. The van der Waals surface area contributed by atoms with Crippen molar-refractivity contribution in [2.75, 3.05) is 7.11 Å². The number of benzene rings is 1. The molecule has 0 N–H and O–H groups in total. The molecule has 144 valence electrons. The van der Waals surface area contributed by atoms with Gasteiger partial charge in [0.05, 0.1) is 7.11 Å². The third kappa shape index (κ3) is 5.25. The predicted molar refractivity (Wildman–Crippen MR) is 114 cm³/mol. The van der Waals surface area contributed by atoms with Crippen LogP contribution in [0.2, 0.25) is 0 Å². The number of hydrogen-bond donors (Lipinski definition) is 0. The van der Waals surface area contributed by atoms with E-state index < -0.39 is 0 Å². The molecular weight excluding hydrogens is 316 g/mol. The SMILES string of the molecule is C=C(C)[C@@H]1CCC(C)=C[C@H]1c1c(C)cc(CCCCCCC)cc1OC. The van der Waals surface area contributed by atoms with Crippen molar-refractivity contribution in [2.24, 2.45) is 5.92 Å². The molecule has 0 spiro atoms. The fourth-order valence-corrected chi connectivity index (χ4v) is 4.42. The highest BCUT2D eigenvalue weighted by molar-refractivity contribution is 5.49. The van der Waals surface area contributed by atoms with E-state index in [0.29, 0.717) is 11.8 Å². The van der Waals surface area contributed by atoms with Gasteiger partial charge in [-0.05, 0) is 69.6 Å². The van der Waals surface area contributed by atoms with Gasteiger partial charge < -0.3 is 4.74 Å². The Kier molecular flexibility index (Phi) is 8.00. The van der Waals surface area contributed by atoms with Crippen LogP contribution in [0.15, 0.2) is 35.9 Å². The minimum Gasteiger partial charge on any atom is -0.496 e. The maximum Gasteiger partial charge on any atom is 0.123 e.